The van der Waals surface area contributed by atoms with Crippen LogP contribution in [0.1, 0.15) is 34.0 Å². The van der Waals surface area contributed by atoms with E-state index in [-0.39, 0.29) is 0 Å². The maximum atomic E-state index is 11.7. The molecule has 0 heterocycles. The molecule has 0 aliphatic rings. The van der Waals surface area contributed by atoms with Gasteiger partial charge in [0.1, 0.15) is 0 Å². The van der Waals surface area contributed by atoms with E-state index in [0.29, 0.717) is 41.6 Å². The highest BCUT2D eigenvalue weighted by Crippen LogP contribution is 2.17. The molecule has 0 spiro atoms. The van der Waals surface area contributed by atoms with Crippen molar-refractivity contribution in [2.75, 3.05) is 12.8 Å². The minimum Gasteiger partial charge on any atom is -0.366 e. The molecule has 2 aromatic rings. The zero-order chi connectivity index (χ0) is 20.7. The lowest BCUT2D eigenvalue weighted by atomic mass is 10.1. The van der Waals surface area contributed by atoms with Gasteiger partial charge in [-0.3, -0.25) is 4.79 Å². The molecule has 0 aliphatic carbocycles. The SMILES string of the molecule is CCNC(=NCc1ccc(S(C)(=O)=O)c(C)c1)NCc1ccc(C(N)=O)cc1. The number of hydrogen-bond donors (Lipinski definition) is 3. The quantitative estimate of drug-likeness (QED) is 0.482. The predicted molar refractivity (Wildman–Crippen MR) is 111 cm³/mol. The number of primary amides is 1. The van der Waals surface area contributed by atoms with Crippen LogP contribution in [0.4, 0.5) is 0 Å². The third-order valence-electron chi connectivity index (χ3n) is 4.10. The minimum absolute atomic E-state index is 0.338. The van der Waals surface area contributed by atoms with Gasteiger partial charge in [-0.2, -0.15) is 0 Å². The van der Waals surface area contributed by atoms with Crippen molar-refractivity contribution in [2.24, 2.45) is 10.7 Å². The van der Waals surface area contributed by atoms with Crippen molar-refractivity contribution in [3.63, 3.8) is 0 Å². The van der Waals surface area contributed by atoms with Crippen molar-refractivity contribution in [2.45, 2.75) is 31.8 Å². The number of nitrogens with zero attached hydrogens (tertiary/aromatic N) is 1. The molecule has 0 bridgehead atoms. The molecule has 7 nitrogen and oxygen atoms in total. The summed E-state index contributed by atoms with van der Waals surface area (Å²) in [5, 5.41) is 6.40. The van der Waals surface area contributed by atoms with E-state index in [1.165, 1.54) is 6.26 Å². The maximum Gasteiger partial charge on any atom is 0.248 e. The van der Waals surface area contributed by atoms with E-state index in [1.54, 1.807) is 31.2 Å². The number of aryl methyl sites for hydroxylation is 1. The third kappa shape index (κ3) is 6.09. The second kappa shape index (κ2) is 9.36. The van der Waals surface area contributed by atoms with E-state index in [9.17, 15) is 13.2 Å². The number of hydrogen-bond acceptors (Lipinski definition) is 4. The number of carbonyl (C=O) groups is 1. The lowest BCUT2D eigenvalue weighted by Crippen LogP contribution is -2.36. The molecule has 0 aliphatic heterocycles. The van der Waals surface area contributed by atoms with Crippen LogP contribution in [-0.4, -0.2) is 33.1 Å². The molecule has 0 aromatic heterocycles. The van der Waals surface area contributed by atoms with Crippen molar-refractivity contribution >= 4 is 21.7 Å². The Hall–Kier alpha value is -2.87. The Labute approximate surface area is 166 Å². The van der Waals surface area contributed by atoms with Gasteiger partial charge in [0.2, 0.25) is 5.91 Å². The smallest absolute Gasteiger partial charge is 0.248 e. The molecule has 0 radical (unpaired) electrons. The molecular weight excluding hydrogens is 376 g/mol. The van der Waals surface area contributed by atoms with E-state index >= 15 is 0 Å². The largest absolute Gasteiger partial charge is 0.366 e. The Morgan fingerprint density at radius 3 is 2.25 bits per heavy atom. The number of nitrogens with one attached hydrogen (secondary N) is 2. The Morgan fingerprint density at radius 1 is 1.07 bits per heavy atom. The summed E-state index contributed by atoms with van der Waals surface area (Å²) in [6.45, 7) is 5.42. The van der Waals surface area contributed by atoms with Gasteiger partial charge in [0.15, 0.2) is 15.8 Å². The van der Waals surface area contributed by atoms with E-state index < -0.39 is 15.7 Å². The first kappa shape index (κ1) is 21.4. The first-order valence-corrected chi connectivity index (χ1v) is 10.8. The van der Waals surface area contributed by atoms with E-state index in [2.05, 4.69) is 15.6 Å². The molecule has 4 N–H and O–H groups in total. The summed E-state index contributed by atoms with van der Waals surface area (Å²) in [7, 11) is -3.23. The number of rotatable bonds is 7. The van der Waals surface area contributed by atoms with Gasteiger partial charge in [0, 0.05) is 24.9 Å². The van der Waals surface area contributed by atoms with Gasteiger partial charge in [-0.15, -0.1) is 0 Å². The van der Waals surface area contributed by atoms with Crippen LogP contribution >= 0.6 is 0 Å². The topological polar surface area (TPSA) is 114 Å². The lowest BCUT2D eigenvalue weighted by molar-refractivity contribution is 0.1000. The van der Waals surface area contributed by atoms with Crippen molar-refractivity contribution < 1.29 is 13.2 Å². The second-order valence-electron chi connectivity index (χ2n) is 6.48. The van der Waals surface area contributed by atoms with Gasteiger partial charge < -0.3 is 16.4 Å². The number of benzene rings is 2. The van der Waals surface area contributed by atoms with Gasteiger partial charge >= 0.3 is 0 Å². The third-order valence-corrected chi connectivity index (χ3v) is 5.36. The van der Waals surface area contributed by atoms with E-state index in [4.69, 9.17) is 5.73 Å². The van der Waals surface area contributed by atoms with Crippen LogP contribution < -0.4 is 16.4 Å². The molecular formula is C20H26N4O3S. The molecule has 0 saturated heterocycles. The Balaban J connectivity index is 2.05. The standard InChI is InChI=1S/C20H26N4O3S/c1-4-22-20(23-12-15-5-8-17(9-6-15)19(21)25)24-13-16-7-10-18(14(2)11-16)28(3,26)27/h5-11H,4,12-13H2,1-3H3,(H2,21,25)(H2,22,23,24). The number of aliphatic imine (C=N–C) groups is 1. The Morgan fingerprint density at radius 2 is 1.71 bits per heavy atom. The number of guanidine groups is 1. The van der Waals surface area contributed by atoms with Crippen LogP contribution in [-0.2, 0) is 22.9 Å². The first-order chi connectivity index (χ1) is 13.2. The van der Waals surface area contributed by atoms with E-state index in [0.717, 1.165) is 11.1 Å². The number of nitrogens with two attached hydrogens (primary N) is 1. The van der Waals surface area contributed by atoms with Crippen LogP contribution in [0.2, 0.25) is 0 Å². The molecule has 0 atom stereocenters. The highest BCUT2D eigenvalue weighted by atomic mass is 32.2. The zero-order valence-electron chi connectivity index (χ0n) is 16.3. The number of amides is 1. The minimum atomic E-state index is -3.23. The molecule has 2 aromatic carbocycles. The lowest BCUT2D eigenvalue weighted by Gasteiger charge is -2.12. The summed E-state index contributed by atoms with van der Waals surface area (Å²) in [5.41, 5.74) is 8.34. The summed E-state index contributed by atoms with van der Waals surface area (Å²) in [6, 6.07) is 12.3. The number of carbonyl (C=O) groups excluding carboxylic acids is 1. The van der Waals surface area contributed by atoms with Gasteiger partial charge in [0.05, 0.1) is 11.4 Å². The van der Waals surface area contributed by atoms with Crippen LogP contribution in [0.25, 0.3) is 0 Å². The molecule has 1 amide bonds. The maximum absolute atomic E-state index is 11.7. The average molecular weight is 403 g/mol. The van der Waals surface area contributed by atoms with Crippen molar-refractivity contribution in [1.82, 2.24) is 10.6 Å². The predicted octanol–water partition coefficient (Wildman–Crippen LogP) is 1.75. The first-order valence-electron chi connectivity index (χ1n) is 8.91. The van der Waals surface area contributed by atoms with Gasteiger partial charge in [-0.05, 0) is 48.7 Å². The van der Waals surface area contributed by atoms with Crippen LogP contribution in [0.3, 0.4) is 0 Å². The fourth-order valence-corrected chi connectivity index (χ4v) is 3.67. The molecule has 28 heavy (non-hydrogen) atoms. The summed E-state index contributed by atoms with van der Waals surface area (Å²) in [5.74, 6) is 0.193. The second-order valence-corrected chi connectivity index (χ2v) is 8.47. The summed E-state index contributed by atoms with van der Waals surface area (Å²) < 4.78 is 23.4. The molecule has 0 saturated carbocycles. The van der Waals surface area contributed by atoms with Crippen molar-refractivity contribution in [3.8, 4) is 0 Å². The zero-order valence-corrected chi connectivity index (χ0v) is 17.1. The highest BCUT2D eigenvalue weighted by Gasteiger charge is 2.10. The van der Waals surface area contributed by atoms with Gasteiger partial charge in [0.25, 0.3) is 0 Å². The fraction of sp³-hybridized carbons (Fsp3) is 0.300. The van der Waals surface area contributed by atoms with Gasteiger partial charge in [-0.25, -0.2) is 13.4 Å². The Kier molecular flexibility index (Phi) is 7.17. The molecule has 0 fully saturated rings. The summed E-state index contributed by atoms with van der Waals surface area (Å²) in [4.78, 5) is 16.0. The van der Waals surface area contributed by atoms with Crippen molar-refractivity contribution in [3.05, 3.63) is 64.7 Å². The summed E-state index contributed by atoms with van der Waals surface area (Å²) >= 11 is 0. The summed E-state index contributed by atoms with van der Waals surface area (Å²) in [6.07, 6.45) is 1.20. The average Bonchev–Trinajstić information content (AvgIpc) is 2.63. The molecule has 2 rings (SSSR count). The van der Waals surface area contributed by atoms with Crippen molar-refractivity contribution in [1.29, 1.82) is 0 Å². The highest BCUT2D eigenvalue weighted by molar-refractivity contribution is 7.90. The molecule has 8 heteroatoms. The van der Waals surface area contributed by atoms with Gasteiger partial charge in [-0.1, -0.05) is 24.3 Å². The number of sulfone groups is 1. The van der Waals surface area contributed by atoms with Crippen LogP contribution in [0.15, 0.2) is 52.4 Å². The molecule has 150 valence electrons. The Bertz CT molecular complexity index is 967. The normalized spacial score (nSPS) is 11.9. The molecule has 0 unspecified atom stereocenters. The van der Waals surface area contributed by atoms with Crippen LogP contribution in [0.5, 0.6) is 0 Å². The van der Waals surface area contributed by atoms with Crippen LogP contribution in [0, 0.1) is 6.92 Å². The van der Waals surface area contributed by atoms with E-state index in [1.807, 2.05) is 25.1 Å². The monoisotopic (exact) mass is 402 g/mol. The fourth-order valence-electron chi connectivity index (χ4n) is 2.71.